The lowest BCUT2D eigenvalue weighted by atomic mass is 9.90. The highest BCUT2D eigenvalue weighted by Gasteiger charge is 2.38. The summed E-state index contributed by atoms with van der Waals surface area (Å²) in [6, 6.07) is 0. The minimum absolute atomic E-state index is 0.00437. The Hall–Kier alpha value is -1.84. The number of hydrazone groups is 1. The molecule has 0 aromatic heterocycles. The molecular formula is C20H39N6O3+. The maximum absolute atomic E-state index is 9.81. The molecule has 2 bridgehead atoms. The SMILES string of the molecule is CN/N=C(/CC1=C(N(N)CC/[N+](O)=C\CN)C2CCC(C1)O2)OC(C)C(C)(C)C. The molecular weight excluding hydrogens is 372 g/mol. The fourth-order valence-electron chi connectivity index (χ4n) is 3.55. The van der Waals surface area contributed by atoms with Crippen molar-refractivity contribution in [3.05, 3.63) is 11.3 Å². The van der Waals surface area contributed by atoms with E-state index in [4.69, 9.17) is 21.1 Å². The summed E-state index contributed by atoms with van der Waals surface area (Å²) in [5, 5.41) is 15.9. The van der Waals surface area contributed by atoms with Crippen LogP contribution in [0.25, 0.3) is 0 Å². The van der Waals surface area contributed by atoms with Gasteiger partial charge in [-0.05, 0) is 41.9 Å². The predicted molar refractivity (Wildman–Crippen MR) is 114 cm³/mol. The zero-order valence-corrected chi connectivity index (χ0v) is 18.5. The minimum Gasteiger partial charge on any atom is -0.476 e. The average molecular weight is 412 g/mol. The molecule has 0 aliphatic carbocycles. The zero-order valence-electron chi connectivity index (χ0n) is 18.5. The number of fused-ring (bicyclic) bond motifs is 2. The highest BCUT2D eigenvalue weighted by Crippen LogP contribution is 2.39. The highest BCUT2D eigenvalue weighted by atomic mass is 16.5. The van der Waals surface area contributed by atoms with Crippen molar-refractivity contribution in [1.29, 1.82) is 0 Å². The molecule has 1 fully saturated rings. The summed E-state index contributed by atoms with van der Waals surface area (Å²) < 4.78 is 13.4. The Bertz CT molecular complexity index is 641. The van der Waals surface area contributed by atoms with Crippen LogP contribution in [-0.2, 0) is 9.47 Å². The van der Waals surface area contributed by atoms with E-state index in [1.807, 2.05) is 0 Å². The standard InChI is InChI=1S/C20H39N6O3/c1-14(20(2,3)4)28-18(24-23-5)13-15-12-16-6-7-17(29-16)19(15)26(22)11-10-25(27)9-8-21/h9,14,16-17,23,27H,6-8,10-13,21-22H2,1-5H3/q+1/b24-18-,25-9+. The highest BCUT2D eigenvalue weighted by molar-refractivity contribution is 5.79. The van der Waals surface area contributed by atoms with Gasteiger partial charge in [-0.3, -0.25) is 5.21 Å². The van der Waals surface area contributed by atoms with Crippen molar-refractivity contribution in [2.45, 2.75) is 71.7 Å². The second kappa shape index (κ2) is 10.3. The van der Waals surface area contributed by atoms with Gasteiger partial charge < -0.3 is 25.6 Å². The van der Waals surface area contributed by atoms with Crippen LogP contribution in [-0.4, -0.2) is 72.1 Å². The topological polar surface area (TPSA) is 121 Å². The first-order valence-electron chi connectivity index (χ1n) is 10.4. The Kier molecular flexibility index (Phi) is 8.30. The van der Waals surface area contributed by atoms with Gasteiger partial charge in [0, 0.05) is 13.5 Å². The lowest BCUT2D eigenvalue weighted by molar-refractivity contribution is -0.771. The number of nitrogens with zero attached hydrogens (tertiary/aromatic N) is 3. The molecule has 2 heterocycles. The average Bonchev–Trinajstić information content (AvgIpc) is 3.01. The van der Waals surface area contributed by atoms with Crippen molar-refractivity contribution < 1.29 is 19.4 Å². The van der Waals surface area contributed by atoms with Gasteiger partial charge in [0.1, 0.15) is 6.10 Å². The first kappa shape index (κ1) is 23.4. The molecule has 9 nitrogen and oxygen atoms in total. The quantitative estimate of drug-likeness (QED) is 0.112. The van der Waals surface area contributed by atoms with Crippen LogP contribution < -0.4 is 17.0 Å². The number of nitrogens with one attached hydrogen (secondary N) is 1. The molecule has 29 heavy (non-hydrogen) atoms. The number of hydrazine groups is 1. The van der Waals surface area contributed by atoms with Crippen LogP contribution in [0.5, 0.6) is 0 Å². The van der Waals surface area contributed by atoms with Gasteiger partial charge in [0.15, 0.2) is 0 Å². The van der Waals surface area contributed by atoms with Crippen LogP contribution in [0.4, 0.5) is 0 Å². The van der Waals surface area contributed by atoms with Crippen LogP contribution in [0.15, 0.2) is 16.4 Å². The fraction of sp³-hybridized carbons (Fsp3) is 0.800. The summed E-state index contributed by atoms with van der Waals surface area (Å²) in [6.07, 6.45) is 5.11. The van der Waals surface area contributed by atoms with E-state index in [2.05, 4.69) is 38.2 Å². The van der Waals surface area contributed by atoms with Gasteiger partial charge in [-0.1, -0.05) is 20.8 Å². The first-order valence-corrected chi connectivity index (χ1v) is 10.4. The maximum Gasteiger partial charge on any atom is 0.211 e. The molecule has 0 aromatic rings. The number of hydrogen-bond donors (Lipinski definition) is 4. The third-order valence-electron chi connectivity index (χ3n) is 5.58. The second-order valence-electron chi connectivity index (χ2n) is 8.82. The molecule has 2 aliphatic rings. The Labute approximate surface area is 174 Å². The van der Waals surface area contributed by atoms with Gasteiger partial charge in [0.25, 0.3) is 0 Å². The van der Waals surface area contributed by atoms with Gasteiger partial charge in [-0.15, -0.1) is 5.10 Å². The maximum atomic E-state index is 9.81. The molecule has 3 atom stereocenters. The molecule has 0 saturated carbocycles. The number of hydrogen-bond acceptors (Lipinski definition) is 8. The van der Waals surface area contributed by atoms with E-state index in [1.54, 1.807) is 12.1 Å². The normalized spacial score (nSPS) is 24.0. The molecule has 0 spiro atoms. The van der Waals surface area contributed by atoms with Crippen molar-refractivity contribution in [1.82, 2.24) is 10.4 Å². The Morgan fingerprint density at radius 1 is 1.48 bits per heavy atom. The monoisotopic (exact) mass is 411 g/mol. The molecule has 1 saturated heterocycles. The van der Waals surface area contributed by atoms with Crippen molar-refractivity contribution in [3.8, 4) is 0 Å². The zero-order chi connectivity index (χ0) is 21.6. The van der Waals surface area contributed by atoms with Crippen LogP contribution in [0.1, 0.15) is 53.4 Å². The van der Waals surface area contributed by atoms with E-state index < -0.39 is 0 Å². The van der Waals surface area contributed by atoms with E-state index in [0.717, 1.165) is 29.7 Å². The Morgan fingerprint density at radius 3 is 2.83 bits per heavy atom. The summed E-state index contributed by atoms with van der Waals surface area (Å²) in [7, 11) is 1.77. The van der Waals surface area contributed by atoms with Crippen LogP contribution in [0.3, 0.4) is 0 Å². The third-order valence-corrected chi connectivity index (χ3v) is 5.58. The molecule has 2 rings (SSSR count). The molecule has 0 amide bonds. The first-order chi connectivity index (χ1) is 13.7. The van der Waals surface area contributed by atoms with Crippen LogP contribution in [0.2, 0.25) is 0 Å². The summed E-state index contributed by atoms with van der Waals surface area (Å²) in [6.45, 7) is 9.59. The lowest BCUT2D eigenvalue weighted by Crippen LogP contribution is -2.42. The van der Waals surface area contributed by atoms with Crippen molar-refractivity contribution in [2.75, 3.05) is 26.7 Å². The molecule has 6 N–H and O–H groups in total. The van der Waals surface area contributed by atoms with Gasteiger partial charge >= 0.3 is 0 Å². The van der Waals surface area contributed by atoms with Crippen molar-refractivity contribution >= 4 is 12.1 Å². The molecule has 0 radical (unpaired) electrons. The second-order valence-corrected chi connectivity index (χ2v) is 8.82. The van der Waals surface area contributed by atoms with Crippen LogP contribution >= 0.6 is 0 Å². The largest absolute Gasteiger partial charge is 0.476 e. The van der Waals surface area contributed by atoms with E-state index in [0.29, 0.717) is 25.4 Å². The van der Waals surface area contributed by atoms with Crippen LogP contribution in [0, 0.1) is 5.41 Å². The molecule has 3 unspecified atom stereocenters. The van der Waals surface area contributed by atoms with Gasteiger partial charge in [-0.25, -0.2) is 5.84 Å². The molecule has 2 aliphatic heterocycles. The van der Waals surface area contributed by atoms with E-state index in [-0.39, 0.29) is 30.3 Å². The van der Waals surface area contributed by atoms with Gasteiger partial charge in [0.05, 0.1) is 31.0 Å². The van der Waals surface area contributed by atoms with Gasteiger partial charge in [-0.2, -0.15) is 0 Å². The summed E-state index contributed by atoms with van der Waals surface area (Å²) in [5.41, 5.74) is 10.5. The smallest absolute Gasteiger partial charge is 0.211 e. The summed E-state index contributed by atoms with van der Waals surface area (Å²) >= 11 is 0. The molecule has 9 heteroatoms. The molecule has 0 aromatic carbocycles. The Balaban J connectivity index is 2.20. The van der Waals surface area contributed by atoms with E-state index >= 15 is 0 Å². The summed E-state index contributed by atoms with van der Waals surface area (Å²) in [5.74, 6) is 7.05. The predicted octanol–water partition coefficient (Wildman–Crippen LogP) is 1.17. The van der Waals surface area contributed by atoms with Crippen molar-refractivity contribution in [2.24, 2.45) is 22.1 Å². The van der Waals surface area contributed by atoms with E-state index in [9.17, 15) is 5.21 Å². The molecule has 166 valence electrons. The van der Waals surface area contributed by atoms with Crippen molar-refractivity contribution in [3.63, 3.8) is 0 Å². The fourth-order valence-corrected chi connectivity index (χ4v) is 3.55. The minimum atomic E-state index is -0.0183. The lowest BCUT2D eigenvalue weighted by Gasteiger charge is -2.33. The number of rotatable bonds is 9. The van der Waals surface area contributed by atoms with Gasteiger partial charge in [0.2, 0.25) is 18.7 Å². The number of ether oxygens (including phenoxy) is 2. The van der Waals surface area contributed by atoms with E-state index in [1.165, 1.54) is 11.8 Å². The Morgan fingerprint density at radius 2 is 2.21 bits per heavy atom. The number of nitrogens with two attached hydrogens (primary N) is 2. The number of hydroxylamine groups is 1. The summed E-state index contributed by atoms with van der Waals surface area (Å²) in [4.78, 5) is 0. The third kappa shape index (κ3) is 6.58.